The van der Waals surface area contributed by atoms with Gasteiger partial charge in [-0.2, -0.15) is 0 Å². The molecule has 0 bridgehead atoms. The molecule has 0 saturated carbocycles. The first-order valence-electron chi connectivity index (χ1n) is 6.18. The molecule has 1 aromatic carbocycles. The van der Waals surface area contributed by atoms with E-state index < -0.39 is 0 Å². The largest absolute Gasteiger partial charge is 0.355 e. The van der Waals surface area contributed by atoms with E-state index in [0.717, 1.165) is 34.8 Å². The molecule has 0 spiro atoms. The average molecular weight is 308 g/mol. The highest BCUT2D eigenvalue weighted by molar-refractivity contribution is 9.10. The molecule has 0 aliphatic heterocycles. The predicted molar refractivity (Wildman–Crippen MR) is 79.5 cm³/mol. The van der Waals surface area contributed by atoms with Gasteiger partial charge in [-0.15, -0.1) is 0 Å². The maximum Gasteiger partial charge on any atom is 0.207 e. The Balaban J connectivity index is 2.46. The zero-order valence-corrected chi connectivity index (χ0v) is 12.6. The average Bonchev–Trinajstić information content (AvgIpc) is 2.71. The van der Waals surface area contributed by atoms with Crippen LogP contribution >= 0.6 is 15.9 Å². The third-order valence-corrected chi connectivity index (χ3v) is 3.72. The van der Waals surface area contributed by atoms with Crippen molar-refractivity contribution in [2.45, 2.75) is 27.2 Å². The summed E-state index contributed by atoms with van der Waals surface area (Å²) in [5, 5.41) is 3.37. The number of rotatable bonds is 4. The van der Waals surface area contributed by atoms with Crippen LogP contribution in [0.4, 0.5) is 5.95 Å². The summed E-state index contributed by atoms with van der Waals surface area (Å²) >= 11 is 3.57. The fourth-order valence-corrected chi connectivity index (χ4v) is 2.26. The molecule has 0 aliphatic rings. The number of hydrogen-bond acceptors (Lipinski definition) is 2. The molecule has 3 nitrogen and oxygen atoms in total. The molecule has 0 fully saturated rings. The Morgan fingerprint density at radius 1 is 1.33 bits per heavy atom. The smallest absolute Gasteiger partial charge is 0.207 e. The maximum atomic E-state index is 4.53. The molecule has 4 heteroatoms. The molecule has 0 unspecified atom stereocenters. The highest BCUT2D eigenvalue weighted by atomic mass is 79.9. The number of hydrogen-bond donors (Lipinski definition) is 1. The molecule has 1 N–H and O–H groups in total. The lowest BCUT2D eigenvalue weighted by Gasteiger charge is -2.12. The van der Waals surface area contributed by atoms with E-state index in [-0.39, 0.29) is 0 Å². The van der Waals surface area contributed by atoms with Crippen molar-refractivity contribution in [1.29, 1.82) is 0 Å². The van der Waals surface area contributed by atoms with Gasteiger partial charge in [-0.05, 0) is 38.0 Å². The molecule has 0 radical (unpaired) electrons. The van der Waals surface area contributed by atoms with E-state index in [2.05, 4.69) is 63.0 Å². The minimum Gasteiger partial charge on any atom is -0.355 e. The van der Waals surface area contributed by atoms with Crippen molar-refractivity contribution < 1.29 is 0 Å². The van der Waals surface area contributed by atoms with Crippen LogP contribution in [0.2, 0.25) is 0 Å². The Kier molecular flexibility index (Phi) is 4.07. The molecule has 18 heavy (non-hydrogen) atoms. The zero-order valence-electron chi connectivity index (χ0n) is 11.0. The van der Waals surface area contributed by atoms with E-state index in [4.69, 9.17) is 0 Å². The normalized spacial score (nSPS) is 10.7. The molecule has 2 aromatic rings. The molecule has 0 atom stereocenters. The lowest BCUT2D eigenvalue weighted by Crippen LogP contribution is -2.07. The Labute approximate surface area is 116 Å². The highest BCUT2D eigenvalue weighted by Gasteiger charge is 2.10. The third kappa shape index (κ3) is 2.58. The van der Waals surface area contributed by atoms with Crippen molar-refractivity contribution in [3.8, 4) is 5.69 Å². The van der Waals surface area contributed by atoms with Crippen LogP contribution in [0.3, 0.4) is 0 Å². The minimum absolute atomic E-state index is 0.913. The van der Waals surface area contributed by atoms with Crippen molar-refractivity contribution >= 4 is 21.9 Å². The van der Waals surface area contributed by atoms with Crippen LogP contribution in [0.5, 0.6) is 0 Å². The summed E-state index contributed by atoms with van der Waals surface area (Å²) in [7, 11) is 0. The highest BCUT2D eigenvalue weighted by Crippen LogP contribution is 2.25. The van der Waals surface area contributed by atoms with Gasteiger partial charge in [0.05, 0.1) is 11.4 Å². The molecular weight excluding hydrogens is 290 g/mol. The van der Waals surface area contributed by atoms with Gasteiger partial charge in [0, 0.05) is 17.2 Å². The summed E-state index contributed by atoms with van der Waals surface area (Å²) < 4.78 is 3.23. The molecule has 1 aromatic heterocycles. The van der Waals surface area contributed by atoms with Gasteiger partial charge < -0.3 is 5.32 Å². The van der Waals surface area contributed by atoms with Crippen LogP contribution in [0.1, 0.15) is 24.6 Å². The molecule has 0 amide bonds. The molecule has 2 rings (SSSR count). The number of halogens is 1. The molecule has 0 aliphatic carbocycles. The van der Waals surface area contributed by atoms with Crippen molar-refractivity contribution in [3.63, 3.8) is 0 Å². The van der Waals surface area contributed by atoms with Gasteiger partial charge in [0.1, 0.15) is 0 Å². The van der Waals surface area contributed by atoms with Crippen LogP contribution in [0.25, 0.3) is 5.69 Å². The molecule has 1 heterocycles. The van der Waals surface area contributed by atoms with Crippen LogP contribution in [0, 0.1) is 13.8 Å². The van der Waals surface area contributed by atoms with Gasteiger partial charge >= 0.3 is 0 Å². The van der Waals surface area contributed by atoms with Crippen molar-refractivity contribution in [1.82, 2.24) is 9.55 Å². The van der Waals surface area contributed by atoms with Gasteiger partial charge in [-0.3, -0.25) is 4.57 Å². The number of imidazole rings is 1. The van der Waals surface area contributed by atoms with Crippen molar-refractivity contribution in [2.75, 3.05) is 11.9 Å². The molecule has 96 valence electrons. The second-order valence-corrected chi connectivity index (χ2v) is 5.24. The maximum absolute atomic E-state index is 4.53. The molecular formula is C14H18BrN3. The monoisotopic (exact) mass is 307 g/mol. The lowest BCUT2D eigenvalue weighted by atomic mass is 10.2. The number of nitrogens with zero attached hydrogens (tertiary/aromatic N) is 2. The second kappa shape index (κ2) is 5.57. The topological polar surface area (TPSA) is 29.9 Å². The Bertz CT molecular complexity index is 546. The summed E-state index contributed by atoms with van der Waals surface area (Å²) in [5.41, 5.74) is 3.39. The van der Waals surface area contributed by atoms with E-state index in [9.17, 15) is 0 Å². The van der Waals surface area contributed by atoms with E-state index in [1.165, 1.54) is 5.56 Å². The Morgan fingerprint density at radius 3 is 2.83 bits per heavy atom. The van der Waals surface area contributed by atoms with Crippen LogP contribution in [0.15, 0.2) is 28.9 Å². The minimum atomic E-state index is 0.913. The number of aryl methyl sites for hydroxylation is 1. The van der Waals surface area contributed by atoms with Gasteiger partial charge in [0.2, 0.25) is 5.95 Å². The number of anilines is 1. The quantitative estimate of drug-likeness (QED) is 0.922. The van der Waals surface area contributed by atoms with Gasteiger partial charge in [-0.1, -0.05) is 28.9 Å². The zero-order chi connectivity index (χ0) is 13.1. The van der Waals surface area contributed by atoms with E-state index in [0.29, 0.717) is 0 Å². The van der Waals surface area contributed by atoms with Crippen LogP contribution in [-0.4, -0.2) is 16.1 Å². The second-order valence-electron chi connectivity index (χ2n) is 4.39. The SMILES string of the molecule is CCCNc1nc(C)cn1-c1cccc(Br)c1C. The van der Waals surface area contributed by atoms with E-state index >= 15 is 0 Å². The summed E-state index contributed by atoms with van der Waals surface area (Å²) in [6, 6.07) is 6.21. The lowest BCUT2D eigenvalue weighted by molar-refractivity contribution is 0.933. The van der Waals surface area contributed by atoms with Gasteiger partial charge in [-0.25, -0.2) is 4.98 Å². The van der Waals surface area contributed by atoms with Crippen molar-refractivity contribution in [3.05, 3.63) is 40.1 Å². The first-order valence-corrected chi connectivity index (χ1v) is 6.98. The first kappa shape index (κ1) is 13.1. The Morgan fingerprint density at radius 2 is 2.11 bits per heavy atom. The van der Waals surface area contributed by atoms with Gasteiger partial charge in [0.15, 0.2) is 0 Å². The number of aromatic nitrogens is 2. The Hall–Kier alpha value is -1.29. The van der Waals surface area contributed by atoms with Crippen LogP contribution < -0.4 is 5.32 Å². The summed E-state index contributed by atoms with van der Waals surface area (Å²) in [4.78, 5) is 4.53. The fraction of sp³-hybridized carbons (Fsp3) is 0.357. The van der Waals surface area contributed by atoms with Crippen LogP contribution in [-0.2, 0) is 0 Å². The van der Waals surface area contributed by atoms with Crippen molar-refractivity contribution in [2.24, 2.45) is 0 Å². The molecule has 0 saturated heterocycles. The van der Waals surface area contributed by atoms with Gasteiger partial charge in [0.25, 0.3) is 0 Å². The summed E-state index contributed by atoms with van der Waals surface area (Å²) in [5.74, 6) is 0.913. The predicted octanol–water partition coefficient (Wildman–Crippen LogP) is 4.07. The summed E-state index contributed by atoms with van der Waals surface area (Å²) in [6.07, 6.45) is 3.15. The fourth-order valence-electron chi connectivity index (χ4n) is 1.90. The first-order chi connectivity index (χ1) is 8.63. The standard InChI is InChI=1S/C14H18BrN3/c1-4-8-16-14-17-10(2)9-18(14)13-7-5-6-12(15)11(13)3/h5-7,9H,4,8H2,1-3H3,(H,16,17). The number of benzene rings is 1. The summed E-state index contributed by atoms with van der Waals surface area (Å²) in [6.45, 7) is 7.21. The third-order valence-electron chi connectivity index (χ3n) is 2.86. The van der Waals surface area contributed by atoms with E-state index in [1.807, 2.05) is 13.0 Å². The number of nitrogens with one attached hydrogen (secondary N) is 1. The van der Waals surface area contributed by atoms with E-state index in [1.54, 1.807) is 0 Å².